The number of carbonyl (C=O) groups excluding carboxylic acids is 2. The van der Waals surface area contributed by atoms with Crippen LogP contribution in [-0.4, -0.2) is 21.7 Å². The fourth-order valence-corrected chi connectivity index (χ4v) is 3.49. The van der Waals surface area contributed by atoms with Gasteiger partial charge in [-0.25, -0.2) is 9.97 Å². The number of halogens is 1. The van der Waals surface area contributed by atoms with Gasteiger partial charge in [0.15, 0.2) is 5.82 Å². The highest BCUT2D eigenvalue weighted by molar-refractivity contribution is 6.34. The Hall–Kier alpha value is -3.57. The zero-order valence-electron chi connectivity index (χ0n) is 16.0. The van der Waals surface area contributed by atoms with Gasteiger partial charge in [0.2, 0.25) is 11.7 Å². The summed E-state index contributed by atoms with van der Waals surface area (Å²) < 4.78 is 0. The van der Waals surface area contributed by atoms with Crippen LogP contribution in [-0.2, 0) is 11.3 Å². The van der Waals surface area contributed by atoms with E-state index in [4.69, 9.17) is 11.6 Å². The van der Waals surface area contributed by atoms with Gasteiger partial charge in [0, 0.05) is 12.4 Å². The number of benzene rings is 3. The lowest BCUT2D eigenvalue weighted by molar-refractivity contribution is -0.117. The zero-order chi connectivity index (χ0) is 20.9. The Kier molecular flexibility index (Phi) is 5.82. The highest BCUT2D eigenvalue weighted by atomic mass is 35.5. The van der Waals surface area contributed by atoms with Gasteiger partial charge in [-0.15, -0.1) is 0 Å². The molecule has 0 bridgehead atoms. The lowest BCUT2D eigenvalue weighted by atomic mass is 10.1. The van der Waals surface area contributed by atoms with Crippen LogP contribution in [0.25, 0.3) is 10.8 Å². The molecule has 0 saturated heterocycles. The molecule has 0 aliphatic rings. The average Bonchev–Trinajstić information content (AvgIpc) is 2.78. The van der Waals surface area contributed by atoms with Gasteiger partial charge in [-0.2, -0.15) is 0 Å². The Balaban J connectivity index is 1.64. The Bertz CT molecular complexity index is 1210. The minimum absolute atomic E-state index is 0.0238. The molecule has 1 amide bonds. The van der Waals surface area contributed by atoms with Crippen molar-refractivity contribution in [3.05, 3.63) is 102 Å². The molecular formula is C24H18ClN3O2. The van der Waals surface area contributed by atoms with Crippen LogP contribution in [0, 0.1) is 0 Å². The van der Waals surface area contributed by atoms with Crippen molar-refractivity contribution in [1.82, 2.24) is 9.97 Å². The number of para-hydroxylation sites is 1. The molecule has 0 aliphatic heterocycles. The van der Waals surface area contributed by atoms with E-state index in [1.165, 1.54) is 17.3 Å². The largest absolute Gasteiger partial charge is 0.306 e. The molecule has 1 heterocycles. The molecule has 0 saturated carbocycles. The summed E-state index contributed by atoms with van der Waals surface area (Å²) in [6.45, 7) is 0.288. The van der Waals surface area contributed by atoms with Gasteiger partial charge in [-0.3, -0.25) is 9.59 Å². The second-order valence-electron chi connectivity index (χ2n) is 6.79. The predicted molar refractivity (Wildman–Crippen MR) is 118 cm³/mol. The van der Waals surface area contributed by atoms with Crippen molar-refractivity contribution in [3.63, 3.8) is 0 Å². The van der Waals surface area contributed by atoms with E-state index in [-0.39, 0.29) is 24.7 Å². The zero-order valence-corrected chi connectivity index (χ0v) is 16.8. The first kappa shape index (κ1) is 19.7. The number of nitrogens with zero attached hydrogens (tertiary/aromatic N) is 3. The molecule has 1 aromatic heterocycles. The minimum Gasteiger partial charge on any atom is -0.306 e. The topological polar surface area (TPSA) is 63.2 Å². The number of anilines is 1. The third-order valence-corrected chi connectivity index (χ3v) is 5.05. The first-order valence-electron chi connectivity index (χ1n) is 9.44. The van der Waals surface area contributed by atoms with Crippen LogP contribution in [0.15, 0.2) is 85.2 Å². The normalized spacial score (nSPS) is 10.7. The molecule has 0 spiro atoms. The summed E-state index contributed by atoms with van der Waals surface area (Å²) in [5, 5.41) is 2.64. The Morgan fingerprint density at radius 1 is 0.833 bits per heavy atom. The van der Waals surface area contributed by atoms with Crippen molar-refractivity contribution in [2.45, 2.75) is 13.0 Å². The van der Waals surface area contributed by atoms with Crippen molar-refractivity contribution in [2.24, 2.45) is 0 Å². The third kappa shape index (κ3) is 4.36. The number of rotatable bonds is 6. The van der Waals surface area contributed by atoms with E-state index >= 15 is 0 Å². The van der Waals surface area contributed by atoms with Crippen LogP contribution in [0.4, 0.5) is 5.69 Å². The van der Waals surface area contributed by atoms with Crippen molar-refractivity contribution < 1.29 is 9.59 Å². The molecule has 0 aliphatic carbocycles. The van der Waals surface area contributed by atoms with Gasteiger partial charge < -0.3 is 4.90 Å². The second kappa shape index (κ2) is 8.84. The molecule has 3 aromatic carbocycles. The molecule has 6 heteroatoms. The highest BCUT2D eigenvalue weighted by Gasteiger charge is 2.23. The molecule has 4 aromatic rings. The SMILES string of the molecule is O=C(CC(=O)N(Cc1ccc2ccccc2c1)c1ccccc1Cl)c1ncccn1. The maximum atomic E-state index is 13.1. The molecule has 0 unspecified atom stereocenters. The number of ketones is 1. The number of hydrogen-bond acceptors (Lipinski definition) is 4. The number of carbonyl (C=O) groups is 2. The van der Waals surface area contributed by atoms with Gasteiger partial charge in [0.1, 0.15) is 0 Å². The monoisotopic (exact) mass is 415 g/mol. The molecule has 0 radical (unpaired) electrons. The van der Waals surface area contributed by atoms with Crippen LogP contribution in [0.2, 0.25) is 5.02 Å². The molecule has 0 N–H and O–H groups in total. The summed E-state index contributed by atoms with van der Waals surface area (Å²) in [6, 6.07) is 22.8. The van der Waals surface area contributed by atoms with Crippen molar-refractivity contribution in [2.75, 3.05) is 4.90 Å². The lowest BCUT2D eigenvalue weighted by Crippen LogP contribution is -2.32. The molecule has 4 rings (SSSR count). The van der Waals surface area contributed by atoms with Crippen molar-refractivity contribution in [1.29, 1.82) is 0 Å². The average molecular weight is 416 g/mol. The highest BCUT2D eigenvalue weighted by Crippen LogP contribution is 2.28. The van der Waals surface area contributed by atoms with E-state index in [1.807, 2.05) is 48.5 Å². The molecule has 5 nitrogen and oxygen atoms in total. The predicted octanol–water partition coefficient (Wildman–Crippen LogP) is 5.09. The Morgan fingerprint density at radius 3 is 2.30 bits per heavy atom. The summed E-state index contributed by atoms with van der Waals surface area (Å²) >= 11 is 6.37. The fraction of sp³-hybridized carbons (Fsp3) is 0.0833. The first-order valence-corrected chi connectivity index (χ1v) is 9.82. The molecule has 0 atom stereocenters. The van der Waals surface area contributed by atoms with E-state index in [1.54, 1.807) is 24.3 Å². The maximum absolute atomic E-state index is 13.1. The van der Waals surface area contributed by atoms with Gasteiger partial charge in [0.05, 0.1) is 23.7 Å². The summed E-state index contributed by atoms with van der Waals surface area (Å²) in [6.07, 6.45) is 2.61. The van der Waals surface area contributed by atoms with Crippen molar-refractivity contribution in [3.8, 4) is 0 Å². The summed E-state index contributed by atoms with van der Waals surface area (Å²) in [7, 11) is 0. The molecular weight excluding hydrogens is 398 g/mol. The molecule has 0 fully saturated rings. The van der Waals surface area contributed by atoms with Crippen LogP contribution in [0.1, 0.15) is 22.6 Å². The Morgan fingerprint density at radius 2 is 1.53 bits per heavy atom. The maximum Gasteiger partial charge on any atom is 0.235 e. The smallest absolute Gasteiger partial charge is 0.235 e. The summed E-state index contributed by atoms with van der Waals surface area (Å²) in [5.74, 6) is -0.777. The Labute approximate surface area is 179 Å². The minimum atomic E-state index is -0.434. The molecule has 148 valence electrons. The van der Waals surface area contributed by atoms with Crippen LogP contribution in [0.5, 0.6) is 0 Å². The van der Waals surface area contributed by atoms with Gasteiger partial charge in [0.25, 0.3) is 0 Å². The summed E-state index contributed by atoms with van der Waals surface area (Å²) in [5.41, 5.74) is 1.49. The summed E-state index contributed by atoms with van der Waals surface area (Å²) in [4.78, 5) is 35.1. The molecule has 30 heavy (non-hydrogen) atoms. The van der Waals surface area contributed by atoms with Crippen LogP contribution >= 0.6 is 11.6 Å². The number of hydrogen-bond donors (Lipinski definition) is 0. The first-order chi connectivity index (χ1) is 14.6. The quantitative estimate of drug-likeness (QED) is 0.325. The standard InChI is InChI=1S/C24H18ClN3O2/c25-20-8-3-4-9-21(20)28(23(30)15-22(29)24-26-12-5-13-27-24)16-17-10-11-18-6-1-2-7-19(18)14-17/h1-14H,15-16H2. The van der Waals surface area contributed by atoms with Gasteiger partial charge >= 0.3 is 0 Å². The lowest BCUT2D eigenvalue weighted by Gasteiger charge is -2.24. The van der Waals surface area contributed by atoms with E-state index in [0.29, 0.717) is 10.7 Å². The number of amides is 1. The van der Waals surface area contributed by atoms with E-state index in [2.05, 4.69) is 9.97 Å². The van der Waals surface area contributed by atoms with Gasteiger partial charge in [-0.05, 0) is 40.6 Å². The second-order valence-corrected chi connectivity index (χ2v) is 7.19. The number of Topliss-reactive ketones (excluding diaryl/α,β-unsaturated/α-hetero) is 1. The van der Waals surface area contributed by atoms with Crippen LogP contribution in [0.3, 0.4) is 0 Å². The van der Waals surface area contributed by atoms with Crippen molar-refractivity contribution >= 4 is 39.8 Å². The van der Waals surface area contributed by atoms with E-state index < -0.39 is 5.78 Å². The third-order valence-electron chi connectivity index (χ3n) is 4.73. The van der Waals surface area contributed by atoms with Crippen LogP contribution < -0.4 is 4.90 Å². The van der Waals surface area contributed by atoms with Gasteiger partial charge in [-0.1, -0.05) is 60.1 Å². The number of aromatic nitrogens is 2. The fourth-order valence-electron chi connectivity index (χ4n) is 3.25. The van der Waals surface area contributed by atoms with E-state index in [9.17, 15) is 9.59 Å². The number of fused-ring (bicyclic) bond motifs is 1. The van der Waals surface area contributed by atoms with E-state index in [0.717, 1.165) is 16.3 Å².